The standard InChI is InChI=1S/C18H23N5/c1-14-11-22(16-7-8-16)9-10-23(12-14)18-20-13-19-17(21-18)15-5-3-2-4-6-15/h2-6,13-14,16H,7-12H2,1H3/t14-/m0/s1. The number of nitrogens with zero attached hydrogens (tertiary/aromatic N) is 5. The summed E-state index contributed by atoms with van der Waals surface area (Å²) >= 11 is 0. The van der Waals surface area contributed by atoms with Gasteiger partial charge in [0.1, 0.15) is 6.33 Å². The van der Waals surface area contributed by atoms with E-state index in [2.05, 4.69) is 26.7 Å². The molecule has 5 nitrogen and oxygen atoms in total. The Labute approximate surface area is 137 Å². The Morgan fingerprint density at radius 1 is 1.00 bits per heavy atom. The van der Waals surface area contributed by atoms with Crippen LogP contribution in [-0.4, -0.2) is 52.1 Å². The SMILES string of the molecule is C[C@@H]1CN(c2ncnc(-c3ccccc3)n2)CCN(C2CC2)C1. The molecule has 0 unspecified atom stereocenters. The van der Waals surface area contributed by atoms with Crippen LogP contribution in [0.5, 0.6) is 0 Å². The number of aromatic nitrogens is 3. The van der Waals surface area contributed by atoms with Gasteiger partial charge >= 0.3 is 0 Å². The Morgan fingerprint density at radius 3 is 2.61 bits per heavy atom. The predicted molar refractivity (Wildman–Crippen MR) is 91.2 cm³/mol. The van der Waals surface area contributed by atoms with Crippen molar-refractivity contribution in [3.05, 3.63) is 36.7 Å². The molecule has 120 valence electrons. The fourth-order valence-corrected chi connectivity index (χ4v) is 3.39. The van der Waals surface area contributed by atoms with Crippen molar-refractivity contribution >= 4 is 5.95 Å². The molecule has 1 aliphatic heterocycles. The van der Waals surface area contributed by atoms with Crippen molar-refractivity contribution < 1.29 is 0 Å². The Morgan fingerprint density at radius 2 is 1.83 bits per heavy atom. The van der Waals surface area contributed by atoms with Crippen molar-refractivity contribution in [1.82, 2.24) is 19.9 Å². The van der Waals surface area contributed by atoms with Crippen LogP contribution in [0.15, 0.2) is 36.7 Å². The van der Waals surface area contributed by atoms with E-state index in [-0.39, 0.29) is 0 Å². The van der Waals surface area contributed by atoms with Crippen LogP contribution in [0.3, 0.4) is 0 Å². The first-order chi connectivity index (χ1) is 11.3. The van der Waals surface area contributed by atoms with Gasteiger partial charge in [0.2, 0.25) is 5.95 Å². The molecule has 1 aromatic heterocycles. The van der Waals surface area contributed by atoms with Gasteiger partial charge in [0.05, 0.1) is 0 Å². The van der Waals surface area contributed by atoms with E-state index in [1.54, 1.807) is 6.33 Å². The van der Waals surface area contributed by atoms with Gasteiger partial charge in [-0.25, -0.2) is 9.97 Å². The van der Waals surface area contributed by atoms with E-state index in [4.69, 9.17) is 4.98 Å². The van der Waals surface area contributed by atoms with Gasteiger partial charge in [0.15, 0.2) is 5.82 Å². The molecule has 1 atom stereocenters. The summed E-state index contributed by atoms with van der Waals surface area (Å²) < 4.78 is 0. The second kappa shape index (κ2) is 6.24. The van der Waals surface area contributed by atoms with Crippen molar-refractivity contribution in [3.8, 4) is 11.4 Å². The van der Waals surface area contributed by atoms with Gasteiger partial charge in [-0.3, -0.25) is 4.90 Å². The van der Waals surface area contributed by atoms with Crippen LogP contribution >= 0.6 is 0 Å². The normalized spacial score (nSPS) is 22.8. The lowest BCUT2D eigenvalue weighted by Gasteiger charge is -2.22. The fourth-order valence-electron chi connectivity index (χ4n) is 3.39. The lowest BCUT2D eigenvalue weighted by Crippen LogP contribution is -2.32. The highest BCUT2D eigenvalue weighted by Gasteiger charge is 2.32. The Kier molecular flexibility index (Phi) is 3.95. The predicted octanol–water partition coefficient (Wildman–Crippen LogP) is 2.46. The van der Waals surface area contributed by atoms with E-state index in [9.17, 15) is 0 Å². The summed E-state index contributed by atoms with van der Waals surface area (Å²) in [7, 11) is 0. The quantitative estimate of drug-likeness (QED) is 0.871. The summed E-state index contributed by atoms with van der Waals surface area (Å²) in [6.07, 6.45) is 4.38. The Balaban J connectivity index is 1.55. The van der Waals surface area contributed by atoms with Crippen LogP contribution in [0.25, 0.3) is 11.4 Å². The monoisotopic (exact) mass is 309 g/mol. The molecule has 1 aromatic carbocycles. The smallest absolute Gasteiger partial charge is 0.228 e. The zero-order valence-corrected chi connectivity index (χ0v) is 13.6. The van der Waals surface area contributed by atoms with Crippen molar-refractivity contribution in [2.45, 2.75) is 25.8 Å². The second-order valence-electron chi connectivity index (χ2n) is 6.75. The summed E-state index contributed by atoms with van der Waals surface area (Å²) in [5.41, 5.74) is 1.04. The first-order valence-corrected chi connectivity index (χ1v) is 8.53. The Hall–Kier alpha value is -2.01. The zero-order valence-electron chi connectivity index (χ0n) is 13.6. The molecule has 2 heterocycles. The fraction of sp³-hybridized carbons (Fsp3) is 0.500. The van der Waals surface area contributed by atoms with Crippen molar-refractivity contribution in [1.29, 1.82) is 0 Å². The maximum absolute atomic E-state index is 4.71. The molecule has 5 heteroatoms. The van der Waals surface area contributed by atoms with E-state index in [0.29, 0.717) is 5.92 Å². The second-order valence-corrected chi connectivity index (χ2v) is 6.75. The van der Waals surface area contributed by atoms with Crippen molar-refractivity contribution in [2.75, 3.05) is 31.1 Å². The lowest BCUT2D eigenvalue weighted by molar-refractivity contribution is 0.255. The van der Waals surface area contributed by atoms with Gasteiger partial charge in [0.25, 0.3) is 0 Å². The molecule has 0 bridgehead atoms. The summed E-state index contributed by atoms with van der Waals surface area (Å²) in [4.78, 5) is 18.5. The molecule has 0 N–H and O–H groups in total. The van der Waals surface area contributed by atoms with E-state index in [1.807, 2.05) is 30.3 Å². The number of rotatable bonds is 3. The number of benzene rings is 1. The third kappa shape index (κ3) is 3.34. The minimum atomic E-state index is 0.634. The van der Waals surface area contributed by atoms with E-state index in [1.165, 1.54) is 19.4 Å². The van der Waals surface area contributed by atoms with Crippen LogP contribution in [0.2, 0.25) is 0 Å². The molecular weight excluding hydrogens is 286 g/mol. The summed E-state index contributed by atoms with van der Waals surface area (Å²) in [6.45, 7) is 6.65. The maximum Gasteiger partial charge on any atom is 0.228 e. The van der Waals surface area contributed by atoms with Crippen LogP contribution in [0.1, 0.15) is 19.8 Å². The first-order valence-electron chi connectivity index (χ1n) is 8.53. The Bertz CT molecular complexity index is 655. The van der Waals surface area contributed by atoms with Gasteiger partial charge < -0.3 is 4.90 Å². The van der Waals surface area contributed by atoms with Crippen molar-refractivity contribution in [3.63, 3.8) is 0 Å². The van der Waals surface area contributed by atoms with Crippen LogP contribution in [0.4, 0.5) is 5.95 Å². The first kappa shape index (κ1) is 14.6. The summed E-state index contributed by atoms with van der Waals surface area (Å²) in [6, 6.07) is 10.9. The largest absolute Gasteiger partial charge is 0.339 e. The maximum atomic E-state index is 4.71. The average Bonchev–Trinajstić information content (AvgIpc) is 3.43. The van der Waals surface area contributed by atoms with Gasteiger partial charge in [-0.15, -0.1) is 0 Å². The molecule has 2 aliphatic rings. The molecule has 1 aliphatic carbocycles. The minimum Gasteiger partial charge on any atom is -0.339 e. The van der Waals surface area contributed by atoms with Gasteiger partial charge in [-0.05, 0) is 18.8 Å². The third-order valence-electron chi connectivity index (χ3n) is 4.67. The van der Waals surface area contributed by atoms with Gasteiger partial charge in [-0.2, -0.15) is 4.98 Å². The molecule has 0 amide bonds. The lowest BCUT2D eigenvalue weighted by atomic mass is 10.1. The third-order valence-corrected chi connectivity index (χ3v) is 4.67. The van der Waals surface area contributed by atoms with Crippen LogP contribution < -0.4 is 4.90 Å². The number of hydrogen-bond donors (Lipinski definition) is 0. The summed E-state index contributed by atoms with van der Waals surface area (Å²) in [5, 5.41) is 0. The van der Waals surface area contributed by atoms with Crippen molar-refractivity contribution in [2.24, 2.45) is 5.92 Å². The molecule has 0 spiro atoms. The molecule has 1 saturated heterocycles. The molecule has 23 heavy (non-hydrogen) atoms. The highest BCUT2D eigenvalue weighted by molar-refractivity contribution is 5.55. The van der Waals surface area contributed by atoms with E-state index in [0.717, 1.165) is 43.0 Å². The van der Waals surface area contributed by atoms with E-state index >= 15 is 0 Å². The van der Waals surface area contributed by atoms with Crippen LogP contribution in [0, 0.1) is 5.92 Å². The highest BCUT2D eigenvalue weighted by Crippen LogP contribution is 2.29. The molecule has 2 aromatic rings. The van der Waals surface area contributed by atoms with E-state index < -0.39 is 0 Å². The van der Waals surface area contributed by atoms with Gasteiger partial charge in [0, 0.05) is 37.8 Å². The molecule has 4 rings (SSSR count). The minimum absolute atomic E-state index is 0.634. The van der Waals surface area contributed by atoms with Gasteiger partial charge in [-0.1, -0.05) is 37.3 Å². The molecule has 2 fully saturated rings. The average molecular weight is 309 g/mol. The molecule has 1 saturated carbocycles. The number of hydrogen-bond acceptors (Lipinski definition) is 5. The topological polar surface area (TPSA) is 45.2 Å². The zero-order chi connectivity index (χ0) is 15.6. The van der Waals surface area contributed by atoms with Crippen LogP contribution in [-0.2, 0) is 0 Å². The highest BCUT2D eigenvalue weighted by atomic mass is 15.3. The summed E-state index contributed by atoms with van der Waals surface area (Å²) in [5.74, 6) is 2.20. The molecule has 0 radical (unpaired) electrons. The number of anilines is 1. The molecular formula is C18H23N5.